The average Bonchev–Trinajstić information content (AvgIpc) is 3.05. The van der Waals surface area contributed by atoms with Gasteiger partial charge in [0.1, 0.15) is 11.9 Å². The third-order valence-corrected chi connectivity index (χ3v) is 3.21. The summed E-state index contributed by atoms with van der Waals surface area (Å²) in [7, 11) is 0. The number of nitrogens with zero attached hydrogens (tertiary/aromatic N) is 2. The van der Waals surface area contributed by atoms with Gasteiger partial charge in [-0.2, -0.15) is 0 Å². The van der Waals surface area contributed by atoms with Gasteiger partial charge in [-0.3, -0.25) is 9.78 Å². The summed E-state index contributed by atoms with van der Waals surface area (Å²) in [5.74, 6) is 0.593. The smallest absolute Gasteiger partial charge is 0.253 e. The van der Waals surface area contributed by atoms with Crippen molar-refractivity contribution in [3.05, 3.63) is 42.9 Å². The van der Waals surface area contributed by atoms with Crippen molar-refractivity contribution < 1.29 is 9.53 Å². The van der Waals surface area contributed by atoms with Crippen molar-refractivity contribution >= 4 is 23.1 Å². The van der Waals surface area contributed by atoms with Gasteiger partial charge in [-0.25, -0.2) is 4.98 Å². The summed E-state index contributed by atoms with van der Waals surface area (Å²) < 4.78 is 5.35. The zero-order chi connectivity index (χ0) is 14.5. The standard InChI is InChI=1S/C15H16N4O2/c20-15(13-2-1-9-21-13)19-12-5-3-11(4-6-12)18-14-10-16-7-8-17-14/h3-8,10,13H,1-2,9H2,(H,17,18)(H,19,20). The lowest BCUT2D eigenvalue weighted by Gasteiger charge is -2.11. The van der Waals surface area contributed by atoms with Crippen molar-refractivity contribution in [2.45, 2.75) is 18.9 Å². The number of nitrogens with one attached hydrogen (secondary N) is 2. The number of hydrogen-bond donors (Lipinski definition) is 2. The Morgan fingerprint density at radius 1 is 1.19 bits per heavy atom. The van der Waals surface area contributed by atoms with Crippen LogP contribution in [0.2, 0.25) is 0 Å². The van der Waals surface area contributed by atoms with Gasteiger partial charge in [0.15, 0.2) is 0 Å². The number of aromatic nitrogens is 2. The molecule has 0 bridgehead atoms. The Morgan fingerprint density at radius 2 is 2.00 bits per heavy atom. The summed E-state index contributed by atoms with van der Waals surface area (Å²) in [5, 5.41) is 5.98. The van der Waals surface area contributed by atoms with Crippen LogP contribution in [0.4, 0.5) is 17.2 Å². The van der Waals surface area contributed by atoms with Crippen LogP contribution in [0.5, 0.6) is 0 Å². The van der Waals surface area contributed by atoms with E-state index in [-0.39, 0.29) is 12.0 Å². The number of ether oxygens (including phenoxy) is 1. The van der Waals surface area contributed by atoms with Crippen molar-refractivity contribution in [2.75, 3.05) is 17.2 Å². The van der Waals surface area contributed by atoms with E-state index in [9.17, 15) is 4.79 Å². The van der Waals surface area contributed by atoms with Gasteiger partial charge in [-0.15, -0.1) is 0 Å². The average molecular weight is 284 g/mol. The minimum Gasteiger partial charge on any atom is -0.368 e. The zero-order valence-electron chi connectivity index (χ0n) is 11.5. The molecule has 1 aromatic carbocycles. The Balaban J connectivity index is 1.60. The van der Waals surface area contributed by atoms with E-state index in [1.54, 1.807) is 18.6 Å². The van der Waals surface area contributed by atoms with E-state index >= 15 is 0 Å². The van der Waals surface area contributed by atoms with E-state index in [1.807, 2.05) is 24.3 Å². The molecule has 1 amide bonds. The van der Waals surface area contributed by atoms with Crippen molar-refractivity contribution in [1.82, 2.24) is 9.97 Å². The normalized spacial score (nSPS) is 17.4. The van der Waals surface area contributed by atoms with Crippen molar-refractivity contribution in [3.63, 3.8) is 0 Å². The van der Waals surface area contributed by atoms with E-state index in [4.69, 9.17) is 4.74 Å². The van der Waals surface area contributed by atoms with Gasteiger partial charge in [0.2, 0.25) is 0 Å². The molecule has 21 heavy (non-hydrogen) atoms. The van der Waals surface area contributed by atoms with Gasteiger partial charge < -0.3 is 15.4 Å². The first-order valence-corrected chi connectivity index (χ1v) is 6.87. The molecule has 0 aliphatic carbocycles. The van der Waals surface area contributed by atoms with E-state index in [0.29, 0.717) is 12.4 Å². The number of amides is 1. The molecule has 0 radical (unpaired) electrons. The van der Waals surface area contributed by atoms with Crippen LogP contribution < -0.4 is 10.6 Å². The van der Waals surface area contributed by atoms with Gasteiger partial charge in [0.25, 0.3) is 5.91 Å². The van der Waals surface area contributed by atoms with Gasteiger partial charge >= 0.3 is 0 Å². The lowest BCUT2D eigenvalue weighted by molar-refractivity contribution is -0.124. The minimum atomic E-state index is -0.317. The van der Waals surface area contributed by atoms with Gasteiger partial charge in [-0.05, 0) is 37.1 Å². The quantitative estimate of drug-likeness (QED) is 0.901. The van der Waals surface area contributed by atoms with Crippen LogP contribution in [0.3, 0.4) is 0 Å². The van der Waals surface area contributed by atoms with Gasteiger partial charge in [0.05, 0.1) is 6.20 Å². The molecule has 2 N–H and O–H groups in total. The van der Waals surface area contributed by atoms with E-state index in [0.717, 1.165) is 24.2 Å². The third-order valence-electron chi connectivity index (χ3n) is 3.21. The Hall–Kier alpha value is -2.47. The second kappa shape index (κ2) is 6.32. The summed E-state index contributed by atoms with van der Waals surface area (Å²) in [5.41, 5.74) is 1.63. The maximum Gasteiger partial charge on any atom is 0.253 e. The fourth-order valence-electron chi connectivity index (χ4n) is 2.16. The van der Waals surface area contributed by atoms with E-state index < -0.39 is 0 Å². The predicted octanol–water partition coefficient (Wildman–Crippen LogP) is 2.34. The summed E-state index contributed by atoms with van der Waals surface area (Å²) in [6.07, 6.45) is 6.31. The minimum absolute atomic E-state index is 0.0814. The molecular weight excluding hydrogens is 268 g/mol. The third kappa shape index (κ3) is 3.55. The molecule has 1 saturated heterocycles. The molecule has 3 rings (SSSR count). The molecule has 0 spiro atoms. The predicted molar refractivity (Wildman–Crippen MR) is 79.4 cm³/mol. The first-order chi connectivity index (χ1) is 10.3. The number of carbonyl (C=O) groups excluding carboxylic acids is 1. The molecule has 1 fully saturated rings. The highest BCUT2D eigenvalue weighted by Gasteiger charge is 2.23. The summed E-state index contributed by atoms with van der Waals surface area (Å²) >= 11 is 0. The second-order valence-electron chi connectivity index (χ2n) is 4.78. The van der Waals surface area contributed by atoms with Crippen molar-refractivity contribution in [3.8, 4) is 0 Å². The topological polar surface area (TPSA) is 76.1 Å². The Labute approximate surface area is 122 Å². The lowest BCUT2D eigenvalue weighted by atomic mass is 10.2. The van der Waals surface area contributed by atoms with Crippen LogP contribution in [0.25, 0.3) is 0 Å². The first-order valence-electron chi connectivity index (χ1n) is 6.87. The molecular formula is C15H16N4O2. The molecule has 2 aromatic rings. The molecule has 1 unspecified atom stereocenters. The Kier molecular flexibility index (Phi) is 4.07. The number of anilines is 3. The van der Waals surface area contributed by atoms with Crippen LogP contribution in [0, 0.1) is 0 Å². The highest BCUT2D eigenvalue weighted by Crippen LogP contribution is 2.19. The lowest BCUT2D eigenvalue weighted by Crippen LogP contribution is -2.26. The molecule has 108 valence electrons. The molecule has 6 heteroatoms. The molecule has 1 aromatic heterocycles. The van der Waals surface area contributed by atoms with Crippen LogP contribution in [0.15, 0.2) is 42.9 Å². The largest absolute Gasteiger partial charge is 0.368 e. The van der Waals surface area contributed by atoms with Gasteiger partial charge in [0, 0.05) is 30.4 Å². The maximum atomic E-state index is 11.9. The van der Waals surface area contributed by atoms with Crippen molar-refractivity contribution in [2.24, 2.45) is 0 Å². The maximum absolute atomic E-state index is 11.9. The van der Waals surface area contributed by atoms with Crippen molar-refractivity contribution in [1.29, 1.82) is 0 Å². The fourth-order valence-corrected chi connectivity index (χ4v) is 2.16. The summed E-state index contributed by atoms with van der Waals surface area (Å²) in [6.45, 7) is 0.666. The monoisotopic (exact) mass is 284 g/mol. The highest BCUT2D eigenvalue weighted by atomic mass is 16.5. The highest BCUT2D eigenvalue weighted by molar-refractivity contribution is 5.94. The van der Waals surface area contributed by atoms with Gasteiger partial charge in [-0.1, -0.05) is 0 Å². The molecule has 6 nitrogen and oxygen atoms in total. The number of benzene rings is 1. The summed E-state index contributed by atoms with van der Waals surface area (Å²) in [6, 6.07) is 7.43. The molecule has 1 atom stereocenters. The molecule has 1 aliphatic rings. The molecule has 1 aliphatic heterocycles. The van der Waals surface area contributed by atoms with E-state index in [2.05, 4.69) is 20.6 Å². The number of rotatable bonds is 4. The summed E-state index contributed by atoms with van der Waals surface area (Å²) in [4.78, 5) is 20.0. The first kappa shape index (κ1) is 13.5. The zero-order valence-corrected chi connectivity index (χ0v) is 11.5. The second-order valence-corrected chi connectivity index (χ2v) is 4.78. The van der Waals surface area contributed by atoms with Crippen LogP contribution in [0.1, 0.15) is 12.8 Å². The number of hydrogen-bond acceptors (Lipinski definition) is 5. The van der Waals surface area contributed by atoms with E-state index in [1.165, 1.54) is 0 Å². The fraction of sp³-hybridized carbons (Fsp3) is 0.267. The van der Waals surface area contributed by atoms with Crippen LogP contribution in [-0.4, -0.2) is 28.6 Å². The Morgan fingerprint density at radius 3 is 2.67 bits per heavy atom. The van der Waals surface area contributed by atoms with Crippen LogP contribution >= 0.6 is 0 Å². The van der Waals surface area contributed by atoms with Crippen LogP contribution in [-0.2, 0) is 9.53 Å². The molecule has 0 saturated carbocycles. The Bertz CT molecular complexity index is 595. The molecule has 2 heterocycles. The number of carbonyl (C=O) groups is 1. The SMILES string of the molecule is O=C(Nc1ccc(Nc2cnccn2)cc1)C1CCCO1.